The number of alkyl halides is 1. The zero-order valence-electron chi connectivity index (χ0n) is 11.9. The quantitative estimate of drug-likeness (QED) is 0.576. The maximum Gasteiger partial charge on any atom is 0.135 e. The van der Waals surface area contributed by atoms with Crippen LogP contribution in [0.4, 0.5) is 0 Å². The van der Waals surface area contributed by atoms with Crippen molar-refractivity contribution in [3.05, 3.63) is 42.0 Å². The monoisotopic (exact) mass is 286 g/mol. The lowest BCUT2D eigenvalue weighted by molar-refractivity contribution is 0.256. The topological polar surface area (TPSA) is 9.23 Å². The first-order chi connectivity index (χ1) is 9.76. The van der Waals surface area contributed by atoms with Gasteiger partial charge in [0.25, 0.3) is 0 Å². The van der Waals surface area contributed by atoms with Crippen molar-refractivity contribution in [1.29, 1.82) is 0 Å². The normalized spacial score (nSPS) is 11.8. The number of halogens is 1. The van der Waals surface area contributed by atoms with Gasteiger partial charge in [0.1, 0.15) is 5.75 Å². The second kappa shape index (κ2) is 7.22. The molecule has 2 aromatic carbocycles. The van der Waals surface area contributed by atoms with Crippen LogP contribution in [0.2, 0.25) is 0 Å². The molecule has 0 spiro atoms. The SMILES string of the molecule is CCC(C)COc1ccc2ccccc2c1C#CCCl. The molecule has 0 N–H and O–H groups in total. The summed E-state index contributed by atoms with van der Waals surface area (Å²) >= 11 is 5.69. The smallest absolute Gasteiger partial charge is 0.135 e. The summed E-state index contributed by atoms with van der Waals surface area (Å²) in [5.74, 6) is 7.79. The molecule has 0 radical (unpaired) electrons. The molecule has 0 amide bonds. The van der Waals surface area contributed by atoms with E-state index in [2.05, 4.69) is 43.9 Å². The Bertz CT molecular complexity index is 637. The lowest BCUT2D eigenvalue weighted by Gasteiger charge is -2.13. The molecule has 0 aliphatic heterocycles. The minimum atomic E-state index is 0.327. The highest BCUT2D eigenvalue weighted by Crippen LogP contribution is 2.27. The average molecular weight is 287 g/mol. The van der Waals surface area contributed by atoms with Gasteiger partial charge in [-0.25, -0.2) is 0 Å². The summed E-state index contributed by atoms with van der Waals surface area (Å²) in [5, 5.41) is 2.29. The Morgan fingerprint density at radius 1 is 1.20 bits per heavy atom. The molecule has 104 valence electrons. The maximum atomic E-state index is 5.95. The maximum absolute atomic E-state index is 5.95. The molecule has 1 atom stereocenters. The molecule has 0 aliphatic carbocycles. The highest BCUT2D eigenvalue weighted by Gasteiger charge is 2.08. The second-order valence-corrected chi connectivity index (χ2v) is 5.19. The van der Waals surface area contributed by atoms with E-state index < -0.39 is 0 Å². The van der Waals surface area contributed by atoms with Crippen LogP contribution in [0.5, 0.6) is 5.75 Å². The molecule has 20 heavy (non-hydrogen) atoms. The van der Waals surface area contributed by atoms with Crippen molar-refractivity contribution in [2.24, 2.45) is 5.92 Å². The summed E-state index contributed by atoms with van der Waals surface area (Å²) in [5.41, 5.74) is 0.937. The molecule has 0 fully saturated rings. The third kappa shape index (κ3) is 3.46. The van der Waals surface area contributed by atoms with E-state index >= 15 is 0 Å². The molecule has 0 saturated heterocycles. The summed E-state index contributed by atoms with van der Waals surface area (Å²) in [6, 6.07) is 12.3. The van der Waals surface area contributed by atoms with Crippen LogP contribution in [0.25, 0.3) is 10.8 Å². The van der Waals surface area contributed by atoms with E-state index in [1.165, 1.54) is 5.39 Å². The molecule has 1 nitrogen and oxygen atoms in total. The minimum absolute atomic E-state index is 0.327. The first-order valence-corrected chi connectivity index (χ1v) is 7.49. The van der Waals surface area contributed by atoms with Crippen LogP contribution < -0.4 is 4.74 Å². The van der Waals surface area contributed by atoms with Crippen molar-refractivity contribution in [3.63, 3.8) is 0 Å². The van der Waals surface area contributed by atoms with Crippen molar-refractivity contribution >= 4 is 22.4 Å². The summed E-state index contributed by atoms with van der Waals surface area (Å²) in [7, 11) is 0. The Labute approximate surface area is 125 Å². The fourth-order valence-corrected chi connectivity index (χ4v) is 2.04. The van der Waals surface area contributed by atoms with Crippen LogP contribution in [0, 0.1) is 17.8 Å². The molecule has 0 aromatic heterocycles. The average Bonchev–Trinajstić information content (AvgIpc) is 2.50. The Kier molecular flexibility index (Phi) is 5.32. The summed E-state index contributed by atoms with van der Waals surface area (Å²) < 4.78 is 5.95. The van der Waals surface area contributed by atoms with Gasteiger partial charge in [0.2, 0.25) is 0 Å². The lowest BCUT2D eigenvalue weighted by Crippen LogP contribution is -2.08. The predicted octanol–water partition coefficient (Wildman–Crippen LogP) is 4.86. The van der Waals surface area contributed by atoms with Gasteiger partial charge in [-0.2, -0.15) is 0 Å². The van der Waals surface area contributed by atoms with Crippen molar-refractivity contribution in [1.82, 2.24) is 0 Å². The number of hydrogen-bond donors (Lipinski definition) is 0. The Balaban J connectivity index is 2.42. The number of rotatable bonds is 4. The van der Waals surface area contributed by atoms with E-state index in [-0.39, 0.29) is 0 Å². The molecular weight excluding hydrogens is 268 g/mol. The van der Waals surface area contributed by atoms with Gasteiger partial charge in [0, 0.05) is 5.39 Å². The molecule has 0 saturated carbocycles. The van der Waals surface area contributed by atoms with Gasteiger partial charge in [-0.3, -0.25) is 0 Å². The summed E-state index contributed by atoms with van der Waals surface area (Å²) in [6.07, 6.45) is 1.11. The van der Waals surface area contributed by atoms with E-state index in [0.29, 0.717) is 18.4 Å². The number of hydrogen-bond acceptors (Lipinski definition) is 1. The Hall–Kier alpha value is -1.65. The molecule has 0 heterocycles. The lowest BCUT2D eigenvalue weighted by atomic mass is 10.0. The third-order valence-electron chi connectivity index (χ3n) is 3.39. The van der Waals surface area contributed by atoms with Gasteiger partial charge in [-0.05, 0) is 17.4 Å². The van der Waals surface area contributed by atoms with Crippen LogP contribution in [-0.2, 0) is 0 Å². The molecule has 1 unspecified atom stereocenters. The molecule has 2 aromatic rings. The van der Waals surface area contributed by atoms with E-state index in [4.69, 9.17) is 16.3 Å². The van der Waals surface area contributed by atoms with Crippen molar-refractivity contribution in [2.45, 2.75) is 20.3 Å². The summed E-state index contributed by atoms with van der Waals surface area (Å²) in [6.45, 7) is 5.07. The van der Waals surface area contributed by atoms with Crippen LogP contribution in [-0.4, -0.2) is 12.5 Å². The van der Waals surface area contributed by atoms with Gasteiger partial charge < -0.3 is 4.74 Å². The number of fused-ring (bicyclic) bond motifs is 1. The Morgan fingerprint density at radius 3 is 2.75 bits per heavy atom. The molecule has 2 rings (SSSR count). The van der Waals surface area contributed by atoms with Crippen molar-refractivity contribution in [2.75, 3.05) is 12.5 Å². The predicted molar refractivity (Wildman–Crippen MR) is 86.5 cm³/mol. The van der Waals surface area contributed by atoms with Gasteiger partial charge in [-0.1, -0.05) is 62.4 Å². The largest absolute Gasteiger partial charge is 0.492 e. The van der Waals surface area contributed by atoms with Crippen LogP contribution in [0.1, 0.15) is 25.8 Å². The standard InChI is InChI=1S/C18H19ClO/c1-3-14(2)13-20-18-11-10-15-7-4-5-8-16(15)17(18)9-6-12-19/h4-5,7-8,10-11,14H,3,12-13H2,1-2H3. The minimum Gasteiger partial charge on any atom is -0.492 e. The number of benzene rings is 2. The van der Waals surface area contributed by atoms with Gasteiger partial charge in [0.05, 0.1) is 18.1 Å². The highest BCUT2D eigenvalue weighted by atomic mass is 35.5. The summed E-state index contributed by atoms with van der Waals surface area (Å²) in [4.78, 5) is 0. The van der Waals surface area contributed by atoms with Crippen molar-refractivity contribution < 1.29 is 4.74 Å². The molecule has 2 heteroatoms. The van der Waals surface area contributed by atoms with Crippen molar-refractivity contribution in [3.8, 4) is 17.6 Å². The fraction of sp³-hybridized carbons (Fsp3) is 0.333. The Morgan fingerprint density at radius 2 is 2.00 bits per heavy atom. The third-order valence-corrected chi connectivity index (χ3v) is 3.52. The van der Waals surface area contributed by atoms with E-state index in [1.54, 1.807) is 0 Å². The van der Waals surface area contributed by atoms with Gasteiger partial charge in [0.15, 0.2) is 0 Å². The first-order valence-electron chi connectivity index (χ1n) is 6.95. The van der Waals surface area contributed by atoms with Gasteiger partial charge in [-0.15, -0.1) is 11.6 Å². The van der Waals surface area contributed by atoms with E-state index in [1.807, 2.05) is 18.2 Å². The highest BCUT2D eigenvalue weighted by molar-refractivity contribution is 6.19. The second-order valence-electron chi connectivity index (χ2n) is 4.92. The number of ether oxygens (including phenoxy) is 1. The zero-order valence-corrected chi connectivity index (χ0v) is 12.7. The van der Waals surface area contributed by atoms with Crippen LogP contribution >= 0.6 is 11.6 Å². The molecular formula is C18H19ClO. The van der Waals surface area contributed by atoms with Crippen LogP contribution in [0.15, 0.2) is 36.4 Å². The zero-order chi connectivity index (χ0) is 14.4. The first kappa shape index (κ1) is 14.8. The van der Waals surface area contributed by atoms with Crippen LogP contribution in [0.3, 0.4) is 0 Å². The van der Waals surface area contributed by atoms with Gasteiger partial charge >= 0.3 is 0 Å². The van der Waals surface area contributed by atoms with E-state index in [0.717, 1.165) is 23.1 Å². The van der Waals surface area contributed by atoms with E-state index in [9.17, 15) is 0 Å². The molecule has 0 bridgehead atoms. The fourth-order valence-electron chi connectivity index (χ4n) is 1.97. The molecule has 0 aliphatic rings.